The largest absolute Gasteiger partial charge is 0.325 e. The lowest BCUT2D eigenvalue weighted by atomic mass is 10.1. The molecule has 0 radical (unpaired) electrons. The molecule has 4 rings (SSSR count). The fourth-order valence-corrected chi connectivity index (χ4v) is 4.27. The average molecular weight is 434 g/mol. The molecular weight excluding hydrogens is 420 g/mol. The number of benzene rings is 2. The third-order valence-electron chi connectivity index (χ3n) is 4.55. The third-order valence-corrected chi connectivity index (χ3v) is 5.85. The molecule has 1 aliphatic carbocycles. The number of aromatic nitrogens is 1. The maximum Gasteiger partial charge on any atom is 0.257 e. The second kappa shape index (κ2) is 7.88. The number of nitrogens with one attached hydrogen (secondary N) is 2. The van der Waals surface area contributed by atoms with Crippen molar-refractivity contribution in [2.45, 2.75) is 18.8 Å². The number of carbonyl (C=O) groups excluding carboxylic acids is 2. The SMILES string of the molecule is O=C(Nc1nc2c(s1)CCC2C(=O)Nc1ccc(F)c(F)c1)c1ccc(Cl)cc1. The second-order valence-electron chi connectivity index (χ2n) is 6.50. The Bertz CT molecular complexity index is 1100. The van der Waals surface area contributed by atoms with E-state index in [2.05, 4.69) is 15.6 Å². The molecule has 3 aromatic rings. The molecule has 0 saturated heterocycles. The third kappa shape index (κ3) is 4.13. The summed E-state index contributed by atoms with van der Waals surface area (Å²) in [5, 5.41) is 6.26. The van der Waals surface area contributed by atoms with Crippen LogP contribution in [-0.4, -0.2) is 16.8 Å². The van der Waals surface area contributed by atoms with Crippen molar-refractivity contribution in [3.8, 4) is 0 Å². The number of hydrogen-bond donors (Lipinski definition) is 2. The van der Waals surface area contributed by atoms with Crippen LogP contribution in [0.15, 0.2) is 42.5 Å². The highest BCUT2D eigenvalue weighted by molar-refractivity contribution is 7.16. The summed E-state index contributed by atoms with van der Waals surface area (Å²) in [6, 6.07) is 9.65. The summed E-state index contributed by atoms with van der Waals surface area (Å²) in [5.41, 5.74) is 1.22. The smallest absolute Gasteiger partial charge is 0.257 e. The summed E-state index contributed by atoms with van der Waals surface area (Å²) in [5.74, 6) is -3.20. The Morgan fingerprint density at radius 2 is 1.83 bits per heavy atom. The summed E-state index contributed by atoms with van der Waals surface area (Å²) in [7, 11) is 0. The van der Waals surface area contributed by atoms with Crippen LogP contribution in [0.5, 0.6) is 0 Å². The molecule has 1 unspecified atom stereocenters. The van der Waals surface area contributed by atoms with Gasteiger partial charge in [-0.3, -0.25) is 14.9 Å². The summed E-state index contributed by atoms with van der Waals surface area (Å²) in [6.07, 6.45) is 1.22. The van der Waals surface area contributed by atoms with Crippen molar-refractivity contribution < 1.29 is 18.4 Å². The van der Waals surface area contributed by atoms with E-state index in [0.29, 0.717) is 34.3 Å². The monoisotopic (exact) mass is 433 g/mol. The molecule has 9 heteroatoms. The van der Waals surface area contributed by atoms with E-state index >= 15 is 0 Å². The zero-order valence-electron chi connectivity index (χ0n) is 14.8. The van der Waals surface area contributed by atoms with Crippen LogP contribution in [0.3, 0.4) is 0 Å². The van der Waals surface area contributed by atoms with Gasteiger partial charge in [-0.05, 0) is 49.2 Å². The standard InChI is InChI=1S/C20H14ClF2N3O2S/c21-11-3-1-10(2-4-11)18(27)26-20-25-17-13(6-8-16(17)29-20)19(28)24-12-5-7-14(22)15(23)9-12/h1-5,7,9,13H,6,8H2,(H,24,28)(H,25,26,27). The fraction of sp³-hybridized carbons (Fsp3) is 0.150. The maximum atomic E-state index is 13.3. The molecule has 0 fully saturated rings. The van der Waals surface area contributed by atoms with Crippen molar-refractivity contribution in [3.05, 3.63) is 75.3 Å². The van der Waals surface area contributed by atoms with Gasteiger partial charge in [0.1, 0.15) is 0 Å². The van der Waals surface area contributed by atoms with Gasteiger partial charge in [0.2, 0.25) is 5.91 Å². The highest BCUT2D eigenvalue weighted by Gasteiger charge is 2.33. The van der Waals surface area contributed by atoms with Gasteiger partial charge in [-0.25, -0.2) is 13.8 Å². The van der Waals surface area contributed by atoms with Crippen LogP contribution in [-0.2, 0) is 11.2 Å². The lowest BCUT2D eigenvalue weighted by Gasteiger charge is -2.11. The molecule has 0 spiro atoms. The van der Waals surface area contributed by atoms with Crippen molar-refractivity contribution in [1.29, 1.82) is 0 Å². The van der Waals surface area contributed by atoms with E-state index in [4.69, 9.17) is 11.6 Å². The van der Waals surface area contributed by atoms with Crippen LogP contribution >= 0.6 is 22.9 Å². The maximum absolute atomic E-state index is 13.3. The van der Waals surface area contributed by atoms with Gasteiger partial charge in [0, 0.05) is 27.2 Å². The molecule has 2 amide bonds. The minimum absolute atomic E-state index is 0.175. The van der Waals surface area contributed by atoms with Crippen LogP contribution in [0.1, 0.15) is 33.3 Å². The van der Waals surface area contributed by atoms with Gasteiger partial charge >= 0.3 is 0 Å². The number of halogens is 3. The van der Waals surface area contributed by atoms with E-state index in [-0.39, 0.29) is 17.5 Å². The van der Waals surface area contributed by atoms with Crippen molar-refractivity contribution in [1.82, 2.24) is 4.98 Å². The Hall–Kier alpha value is -2.84. The number of fused-ring (bicyclic) bond motifs is 1. The first-order valence-corrected chi connectivity index (χ1v) is 9.92. The molecule has 0 bridgehead atoms. The van der Waals surface area contributed by atoms with Crippen molar-refractivity contribution in [3.63, 3.8) is 0 Å². The van der Waals surface area contributed by atoms with Crippen LogP contribution in [0, 0.1) is 11.6 Å². The van der Waals surface area contributed by atoms with E-state index < -0.39 is 17.6 Å². The molecule has 148 valence electrons. The van der Waals surface area contributed by atoms with Gasteiger partial charge in [-0.2, -0.15) is 0 Å². The Kier molecular flexibility index (Phi) is 5.29. The van der Waals surface area contributed by atoms with Crippen LogP contribution in [0.2, 0.25) is 5.02 Å². The molecule has 1 aliphatic rings. The quantitative estimate of drug-likeness (QED) is 0.608. The van der Waals surface area contributed by atoms with E-state index in [1.807, 2.05) is 0 Å². The number of aryl methyl sites for hydroxylation is 1. The topological polar surface area (TPSA) is 71.1 Å². The lowest BCUT2D eigenvalue weighted by Crippen LogP contribution is -2.20. The van der Waals surface area contributed by atoms with Crippen LogP contribution < -0.4 is 10.6 Å². The molecule has 2 aromatic carbocycles. The highest BCUT2D eigenvalue weighted by Crippen LogP contribution is 2.39. The number of thiazole rings is 1. The Labute approximate surface area is 173 Å². The van der Waals surface area contributed by atoms with Gasteiger partial charge in [0.15, 0.2) is 16.8 Å². The number of amides is 2. The zero-order valence-corrected chi connectivity index (χ0v) is 16.4. The van der Waals surface area contributed by atoms with Crippen LogP contribution in [0.4, 0.5) is 19.6 Å². The molecule has 0 aliphatic heterocycles. The molecule has 1 atom stereocenters. The van der Waals surface area contributed by atoms with E-state index in [1.165, 1.54) is 17.4 Å². The first kappa shape index (κ1) is 19.5. The molecule has 1 heterocycles. The van der Waals surface area contributed by atoms with E-state index in [9.17, 15) is 18.4 Å². The minimum Gasteiger partial charge on any atom is -0.325 e. The normalized spacial score (nSPS) is 15.1. The first-order valence-electron chi connectivity index (χ1n) is 8.73. The van der Waals surface area contributed by atoms with Gasteiger partial charge in [0.25, 0.3) is 5.91 Å². The molecule has 29 heavy (non-hydrogen) atoms. The van der Waals surface area contributed by atoms with Gasteiger partial charge in [-0.1, -0.05) is 11.6 Å². The number of carbonyl (C=O) groups is 2. The number of hydrogen-bond acceptors (Lipinski definition) is 4. The zero-order chi connectivity index (χ0) is 20.5. The number of nitrogens with zero attached hydrogens (tertiary/aromatic N) is 1. The molecule has 1 aromatic heterocycles. The molecular formula is C20H14ClF2N3O2S. The van der Waals surface area contributed by atoms with Crippen LogP contribution in [0.25, 0.3) is 0 Å². The lowest BCUT2D eigenvalue weighted by molar-refractivity contribution is -0.117. The fourth-order valence-electron chi connectivity index (χ4n) is 3.11. The van der Waals surface area contributed by atoms with Gasteiger partial charge in [0.05, 0.1) is 11.6 Å². The summed E-state index contributed by atoms with van der Waals surface area (Å²) >= 11 is 7.15. The Balaban J connectivity index is 1.46. The molecule has 0 saturated carbocycles. The molecule has 5 nitrogen and oxygen atoms in total. The van der Waals surface area contributed by atoms with Gasteiger partial charge < -0.3 is 5.32 Å². The Morgan fingerprint density at radius 3 is 2.55 bits per heavy atom. The predicted octanol–water partition coefficient (Wildman–Crippen LogP) is 5.00. The summed E-state index contributed by atoms with van der Waals surface area (Å²) in [6.45, 7) is 0. The van der Waals surface area contributed by atoms with Gasteiger partial charge in [-0.15, -0.1) is 11.3 Å². The first-order chi connectivity index (χ1) is 13.9. The second-order valence-corrected chi connectivity index (χ2v) is 8.02. The summed E-state index contributed by atoms with van der Waals surface area (Å²) in [4.78, 5) is 30.3. The number of rotatable bonds is 4. The number of anilines is 2. The predicted molar refractivity (Wildman–Crippen MR) is 108 cm³/mol. The molecule has 2 N–H and O–H groups in total. The van der Waals surface area contributed by atoms with Crippen molar-refractivity contribution in [2.24, 2.45) is 0 Å². The Morgan fingerprint density at radius 1 is 1.07 bits per heavy atom. The summed E-state index contributed by atoms with van der Waals surface area (Å²) < 4.78 is 26.4. The average Bonchev–Trinajstić information content (AvgIpc) is 3.25. The van der Waals surface area contributed by atoms with Crippen molar-refractivity contribution in [2.75, 3.05) is 10.6 Å². The highest BCUT2D eigenvalue weighted by atomic mass is 35.5. The van der Waals surface area contributed by atoms with Crippen molar-refractivity contribution >= 4 is 45.6 Å². The van der Waals surface area contributed by atoms with E-state index in [0.717, 1.165) is 17.0 Å². The minimum atomic E-state index is -1.03. The van der Waals surface area contributed by atoms with E-state index in [1.54, 1.807) is 24.3 Å².